The van der Waals surface area contributed by atoms with Crippen molar-refractivity contribution < 1.29 is 15.0 Å². The van der Waals surface area contributed by atoms with Gasteiger partial charge in [0, 0.05) is 6.42 Å². The lowest BCUT2D eigenvalue weighted by molar-refractivity contribution is -0.136. The smallest absolute Gasteiger partial charge is 0.303 e. The zero-order valence-corrected chi connectivity index (χ0v) is 25.1. The van der Waals surface area contributed by atoms with Crippen molar-refractivity contribution >= 4 is 16.7 Å². The number of aryl methyl sites for hydroxylation is 5. The van der Waals surface area contributed by atoms with E-state index in [-0.39, 0.29) is 12.5 Å². The number of aliphatic hydroxyl groups excluding tert-OH is 1. The van der Waals surface area contributed by atoms with E-state index in [0.29, 0.717) is 12.3 Å². The molecule has 3 heteroatoms. The summed E-state index contributed by atoms with van der Waals surface area (Å²) in [5, 5.41) is 22.3. The van der Waals surface area contributed by atoms with Crippen molar-refractivity contribution in [3.63, 3.8) is 0 Å². The number of rotatable bonds is 9. The maximum atomic E-state index is 11.5. The third-order valence-electron chi connectivity index (χ3n) is 9.08. The van der Waals surface area contributed by atoms with Crippen molar-refractivity contribution in [2.75, 3.05) is 0 Å². The summed E-state index contributed by atoms with van der Waals surface area (Å²) in [5.74, 6) is -0.412. The normalized spacial score (nSPS) is 17.2. The van der Waals surface area contributed by atoms with Crippen LogP contribution in [0, 0.1) is 20.8 Å². The molecule has 1 aliphatic carbocycles. The molecule has 0 amide bonds. The van der Waals surface area contributed by atoms with E-state index in [9.17, 15) is 15.0 Å². The molecule has 4 aromatic rings. The van der Waals surface area contributed by atoms with Crippen molar-refractivity contribution in [1.82, 2.24) is 0 Å². The summed E-state index contributed by atoms with van der Waals surface area (Å²) in [4.78, 5) is 11.5. The van der Waals surface area contributed by atoms with Crippen molar-refractivity contribution in [2.45, 2.75) is 97.5 Å². The zero-order valence-electron chi connectivity index (χ0n) is 25.1. The van der Waals surface area contributed by atoms with Crippen LogP contribution in [-0.4, -0.2) is 22.3 Å². The summed E-state index contributed by atoms with van der Waals surface area (Å²) >= 11 is 0. The molecule has 0 radical (unpaired) electrons. The minimum absolute atomic E-state index is 0.119. The van der Waals surface area contributed by atoms with Gasteiger partial charge in [-0.25, -0.2) is 0 Å². The Morgan fingerprint density at radius 1 is 0.805 bits per heavy atom. The highest BCUT2D eigenvalue weighted by Crippen LogP contribution is 2.44. The maximum absolute atomic E-state index is 11.5. The number of fused-ring (bicyclic) bond motifs is 1. The monoisotopic (exact) mass is 548 g/mol. The van der Waals surface area contributed by atoms with Gasteiger partial charge in [-0.2, -0.15) is 0 Å². The first kappa shape index (κ1) is 29.1. The van der Waals surface area contributed by atoms with Crippen molar-refractivity contribution in [2.24, 2.45) is 0 Å². The van der Waals surface area contributed by atoms with Crippen molar-refractivity contribution in [1.29, 1.82) is 0 Å². The number of hydrogen-bond acceptors (Lipinski definition) is 2. The number of carbonyl (C=O) groups is 1. The maximum Gasteiger partial charge on any atom is 0.303 e. The van der Waals surface area contributed by atoms with E-state index >= 15 is 0 Å². The first-order valence-corrected chi connectivity index (χ1v) is 15.4. The van der Waals surface area contributed by atoms with Crippen molar-refractivity contribution in [3.8, 4) is 22.3 Å². The van der Waals surface area contributed by atoms with Gasteiger partial charge in [0.1, 0.15) is 0 Å². The molecule has 1 saturated carbocycles. The van der Waals surface area contributed by atoms with Gasteiger partial charge in [-0.15, -0.1) is 0 Å². The number of hydrogen-bond donors (Lipinski definition) is 2. The van der Waals surface area contributed by atoms with Crippen LogP contribution in [0.3, 0.4) is 0 Å². The van der Waals surface area contributed by atoms with E-state index in [2.05, 4.69) is 88.4 Å². The van der Waals surface area contributed by atoms with Gasteiger partial charge in [-0.3, -0.25) is 4.79 Å². The quantitative estimate of drug-likeness (QED) is 0.219. The van der Waals surface area contributed by atoms with E-state index in [0.717, 1.165) is 43.2 Å². The van der Waals surface area contributed by atoms with Crippen molar-refractivity contribution in [3.05, 3.63) is 94.0 Å². The fraction of sp³-hybridized carbons (Fsp3) is 0.395. The molecule has 41 heavy (non-hydrogen) atoms. The fourth-order valence-electron chi connectivity index (χ4n) is 6.72. The standard InChI is InChI=1S/C38H44O3/c1-5-6-7-27-10-13-30-12-9-25(3)38(35(30)22-27)32-23-34(29-14-17-31(39)18-15-29)36(21-26(32)4)33-20-24(2)8-11-28(33)16-19-37(40)41/h8-13,20-23,29,31,39H,5-7,14-19H2,1-4H3,(H,40,41). The average molecular weight is 549 g/mol. The van der Waals surface area contributed by atoms with Crippen LogP contribution < -0.4 is 0 Å². The minimum Gasteiger partial charge on any atom is -0.481 e. The van der Waals surface area contributed by atoms with Crippen LogP contribution in [0.25, 0.3) is 33.0 Å². The highest BCUT2D eigenvalue weighted by molar-refractivity contribution is 6.00. The largest absolute Gasteiger partial charge is 0.481 e. The highest BCUT2D eigenvalue weighted by Gasteiger charge is 2.26. The molecule has 0 saturated heterocycles. The van der Waals surface area contributed by atoms with Gasteiger partial charge < -0.3 is 10.2 Å². The number of carboxylic acids is 1. The van der Waals surface area contributed by atoms with Crippen LogP contribution in [-0.2, 0) is 17.6 Å². The zero-order chi connectivity index (χ0) is 29.1. The molecule has 0 aromatic heterocycles. The Labute approximate surface area is 245 Å². The van der Waals surface area contributed by atoms with E-state index in [1.807, 2.05) is 0 Å². The Morgan fingerprint density at radius 2 is 1.56 bits per heavy atom. The van der Waals surface area contributed by atoms with Crippen LogP contribution in [0.5, 0.6) is 0 Å². The molecule has 0 bridgehead atoms. The fourth-order valence-corrected chi connectivity index (χ4v) is 6.72. The Kier molecular flexibility index (Phi) is 8.94. The van der Waals surface area contributed by atoms with Gasteiger partial charge in [0.25, 0.3) is 0 Å². The molecule has 2 N–H and O–H groups in total. The lowest BCUT2D eigenvalue weighted by Crippen LogP contribution is -2.17. The Morgan fingerprint density at radius 3 is 2.29 bits per heavy atom. The summed E-state index contributed by atoms with van der Waals surface area (Å²) in [6, 6.07) is 22.7. The third-order valence-corrected chi connectivity index (χ3v) is 9.08. The molecule has 0 atom stereocenters. The molecule has 0 unspecified atom stereocenters. The van der Waals surface area contributed by atoms with Crippen LogP contribution >= 0.6 is 0 Å². The molecule has 3 nitrogen and oxygen atoms in total. The van der Waals surface area contributed by atoms with Gasteiger partial charge in [0.2, 0.25) is 0 Å². The Balaban J connectivity index is 1.72. The second kappa shape index (κ2) is 12.6. The third kappa shape index (κ3) is 6.41. The minimum atomic E-state index is -0.769. The molecular formula is C38H44O3. The summed E-state index contributed by atoms with van der Waals surface area (Å²) < 4.78 is 0. The molecule has 1 fully saturated rings. The van der Waals surface area contributed by atoms with Crippen LogP contribution in [0.1, 0.15) is 91.2 Å². The van der Waals surface area contributed by atoms with Crippen LogP contribution in [0.2, 0.25) is 0 Å². The molecule has 5 rings (SSSR count). The first-order chi connectivity index (χ1) is 19.7. The second-order valence-corrected chi connectivity index (χ2v) is 12.2. The van der Waals surface area contributed by atoms with Gasteiger partial charge in [-0.05, 0) is 139 Å². The van der Waals surface area contributed by atoms with Gasteiger partial charge in [0.05, 0.1) is 6.10 Å². The summed E-state index contributed by atoms with van der Waals surface area (Å²) in [5.41, 5.74) is 12.5. The van der Waals surface area contributed by atoms with Crippen LogP contribution in [0.15, 0.2) is 60.7 Å². The summed E-state index contributed by atoms with van der Waals surface area (Å²) in [7, 11) is 0. The van der Waals surface area contributed by atoms with Gasteiger partial charge >= 0.3 is 5.97 Å². The topological polar surface area (TPSA) is 57.5 Å². The molecule has 0 aliphatic heterocycles. The summed E-state index contributed by atoms with van der Waals surface area (Å²) in [6.07, 6.45) is 7.45. The molecule has 214 valence electrons. The first-order valence-electron chi connectivity index (χ1n) is 15.4. The number of unbranched alkanes of at least 4 members (excludes halogenated alkanes) is 1. The summed E-state index contributed by atoms with van der Waals surface area (Å²) in [6.45, 7) is 8.80. The SMILES string of the molecule is CCCCc1ccc2ccc(C)c(-c3cc(C4CCC(O)CC4)c(-c4cc(C)ccc4CCC(=O)O)cc3C)c2c1. The Hall–Kier alpha value is -3.43. The van der Waals surface area contributed by atoms with E-state index in [4.69, 9.17) is 0 Å². The predicted octanol–water partition coefficient (Wildman–Crippen LogP) is 9.48. The lowest BCUT2D eigenvalue weighted by atomic mass is 9.76. The van der Waals surface area contributed by atoms with E-state index in [1.165, 1.54) is 68.1 Å². The van der Waals surface area contributed by atoms with E-state index in [1.54, 1.807) is 0 Å². The average Bonchev–Trinajstić information content (AvgIpc) is 2.96. The second-order valence-electron chi connectivity index (χ2n) is 12.2. The number of benzene rings is 4. The van der Waals surface area contributed by atoms with E-state index < -0.39 is 5.97 Å². The number of carboxylic acid groups (broad SMARTS) is 1. The highest BCUT2D eigenvalue weighted by atomic mass is 16.4. The molecule has 4 aromatic carbocycles. The van der Waals surface area contributed by atoms with Crippen LogP contribution in [0.4, 0.5) is 0 Å². The Bertz CT molecular complexity index is 1560. The molecular weight excluding hydrogens is 504 g/mol. The van der Waals surface area contributed by atoms with Gasteiger partial charge in [0.15, 0.2) is 0 Å². The number of aliphatic hydroxyl groups is 1. The lowest BCUT2D eigenvalue weighted by Gasteiger charge is -2.29. The molecule has 0 spiro atoms. The molecule has 1 aliphatic rings. The molecule has 0 heterocycles. The van der Waals surface area contributed by atoms with Gasteiger partial charge in [-0.1, -0.05) is 73.5 Å². The predicted molar refractivity (Wildman–Crippen MR) is 171 cm³/mol. The number of aliphatic carboxylic acids is 1.